The molecule has 172 valence electrons. The van der Waals surface area contributed by atoms with Crippen molar-refractivity contribution >= 4 is 32.7 Å². The van der Waals surface area contributed by atoms with Crippen LogP contribution in [0.15, 0.2) is 59.1 Å². The van der Waals surface area contributed by atoms with Crippen LogP contribution >= 0.6 is 0 Å². The van der Waals surface area contributed by atoms with Gasteiger partial charge in [0.2, 0.25) is 5.69 Å². The monoisotopic (exact) mass is 451 g/mol. The number of aromatic nitrogens is 1. The molecule has 1 aliphatic rings. The van der Waals surface area contributed by atoms with Gasteiger partial charge in [0.25, 0.3) is 0 Å². The van der Waals surface area contributed by atoms with Crippen LogP contribution in [0.1, 0.15) is 66.9 Å². The number of hydrogen-bond acceptors (Lipinski definition) is 1. The molecule has 0 fully saturated rings. The molecule has 5 aromatic rings. The van der Waals surface area contributed by atoms with E-state index in [1.54, 1.807) is 12.3 Å². The Bertz CT molecular complexity index is 1740. The van der Waals surface area contributed by atoms with E-state index in [0.717, 1.165) is 45.2 Å². The highest BCUT2D eigenvalue weighted by Gasteiger charge is 2.38. The van der Waals surface area contributed by atoms with Gasteiger partial charge in [0, 0.05) is 26.5 Å². The summed E-state index contributed by atoms with van der Waals surface area (Å²) in [6.07, 6.45) is 4.05. The molecule has 6 rings (SSSR count). The Morgan fingerprint density at radius 2 is 1.68 bits per heavy atom. The number of pyridine rings is 1. The first-order valence-electron chi connectivity index (χ1n) is 13.7. The molecule has 0 N–H and O–H groups in total. The van der Waals surface area contributed by atoms with E-state index < -0.39 is 6.85 Å². The van der Waals surface area contributed by atoms with Gasteiger partial charge in [-0.25, -0.2) is 4.57 Å². The Morgan fingerprint density at radius 1 is 0.882 bits per heavy atom. The average molecular weight is 452 g/mol. The predicted molar refractivity (Wildman–Crippen MR) is 143 cm³/mol. The lowest BCUT2D eigenvalue weighted by atomic mass is 9.62. The summed E-state index contributed by atoms with van der Waals surface area (Å²) < 4.78 is 31.9. The van der Waals surface area contributed by atoms with Crippen LogP contribution in [0.2, 0.25) is 0 Å². The second kappa shape index (κ2) is 6.95. The van der Waals surface area contributed by atoms with Crippen LogP contribution in [0, 0.1) is 13.8 Å². The standard InChI is InChI=1S/C32H34NO/c1-19-8-13-26(33(7)18-19)28-20(2)9-11-22-24-16-21-10-12-25-29(23(21)17-27(24)34-30(22)28)32(5,6)15-14-31(25,3)4/h8-13,16-18H,14-15H2,1-7H3/q+1/i1D3. The molecule has 0 spiro atoms. The number of rotatable bonds is 1. The summed E-state index contributed by atoms with van der Waals surface area (Å²) in [4.78, 5) is 0. The molecule has 2 nitrogen and oxygen atoms in total. The second-order valence-corrected chi connectivity index (χ2v) is 11.5. The molecule has 0 saturated carbocycles. The van der Waals surface area contributed by atoms with E-state index in [-0.39, 0.29) is 10.8 Å². The van der Waals surface area contributed by atoms with Crippen molar-refractivity contribution in [1.82, 2.24) is 0 Å². The number of furan rings is 1. The first-order valence-corrected chi connectivity index (χ1v) is 12.2. The van der Waals surface area contributed by atoms with Gasteiger partial charge in [-0.1, -0.05) is 52.0 Å². The van der Waals surface area contributed by atoms with Crippen molar-refractivity contribution in [3.63, 3.8) is 0 Å². The maximum absolute atomic E-state index is 7.78. The van der Waals surface area contributed by atoms with Gasteiger partial charge in [0.15, 0.2) is 6.20 Å². The third-order valence-electron chi connectivity index (χ3n) is 8.16. The molecule has 2 heteroatoms. The molecule has 2 aromatic heterocycles. The van der Waals surface area contributed by atoms with Gasteiger partial charge in [0.05, 0.1) is 5.56 Å². The van der Waals surface area contributed by atoms with Gasteiger partial charge in [0.1, 0.15) is 18.2 Å². The lowest BCUT2D eigenvalue weighted by Crippen LogP contribution is -2.34. The molecule has 0 saturated heterocycles. The number of benzene rings is 3. The molecule has 2 heterocycles. The number of nitrogens with zero attached hydrogens (tertiary/aromatic N) is 1. The van der Waals surface area contributed by atoms with Crippen LogP contribution in [-0.4, -0.2) is 0 Å². The Morgan fingerprint density at radius 3 is 2.44 bits per heavy atom. The first kappa shape index (κ1) is 18.2. The number of fused-ring (bicyclic) bond motifs is 6. The molecule has 0 aliphatic heterocycles. The van der Waals surface area contributed by atoms with Crippen LogP contribution in [0.3, 0.4) is 0 Å². The normalized spacial score (nSPS) is 18.6. The van der Waals surface area contributed by atoms with E-state index >= 15 is 0 Å². The molecule has 0 radical (unpaired) electrons. The van der Waals surface area contributed by atoms with Crippen molar-refractivity contribution in [1.29, 1.82) is 0 Å². The molecule has 0 amide bonds. The van der Waals surface area contributed by atoms with Gasteiger partial charge >= 0.3 is 0 Å². The zero-order valence-electron chi connectivity index (χ0n) is 24.0. The van der Waals surface area contributed by atoms with E-state index in [1.165, 1.54) is 28.3 Å². The molecule has 0 unspecified atom stereocenters. The van der Waals surface area contributed by atoms with Crippen LogP contribution in [-0.2, 0) is 17.9 Å². The van der Waals surface area contributed by atoms with Crippen molar-refractivity contribution in [2.24, 2.45) is 7.05 Å². The third-order valence-corrected chi connectivity index (χ3v) is 8.16. The second-order valence-electron chi connectivity index (χ2n) is 11.5. The third kappa shape index (κ3) is 2.97. The Kier molecular flexibility index (Phi) is 3.72. The molecule has 1 aliphatic carbocycles. The molecule has 3 aromatic carbocycles. The lowest BCUT2D eigenvalue weighted by molar-refractivity contribution is -0.660. The van der Waals surface area contributed by atoms with Crippen molar-refractivity contribution in [3.8, 4) is 11.3 Å². The summed E-state index contributed by atoms with van der Waals surface area (Å²) in [5.41, 5.74) is 8.24. The SMILES string of the molecule is [2H]C([2H])([2H])c1ccc(-c2c(C)ccc3c2oc2cc4c5c(ccc4cc23)C(C)(C)CCC5(C)C)[n+](C)c1. The zero-order chi connectivity index (χ0) is 26.5. The van der Waals surface area contributed by atoms with Crippen molar-refractivity contribution in [2.45, 2.75) is 65.1 Å². The summed E-state index contributed by atoms with van der Waals surface area (Å²) in [5, 5.41) is 4.72. The van der Waals surface area contributed by atoms with Crippen molar-refractivity contribution in [2.75, 3.05) is 0 Å². The molecular weight excluding hydrogens is 414 g/mol. The van der Waals surface area contributed by atoms with Crippen molar-refractivity contribution < 1.29 is 13.1 Å². The van der Waals surface area contributed by atoms with Gasteiger partial charge in [-0.15, -0.1) is 0 Å². The molecule has 0 atom stereocenters. The maximum atomic E-state index is 7.78. The summed E-state index contributed by atoms with van der Waals surface area (Å²) >= 11 is 0. The Hall–Kier alpha value is -3.13. The predicted octanol–water partition coefficient (Wildman–Crippen LogP) is 8.20. The molecule has 0 bridgehead atoms. The van der Waals surface area contributed by atoms with Gasteiger partial charge in [-0.3, -0.25) is 0 Å². The summed E-state index contributed by atoms with van der Waals surface area (Å²) in [6.45, 7) is 9.40. The van der Waals surface area contributed by atoms with E-state index in [2.05, 4.69) is 71.0 Å². The lowest BCUT2D eigenvalue weighted by Gasteiger charge is -2.42. The van der Waals surface area contributed by atoms with Gasteiger partial charge < -0.3 is 4.42 Å². The maximum Gasteiger partial charge on any atom is 0.216 e. The minimum atomic E-state index is -2.14. The molecule has 34 heavy (non-hydrogen) atoms. The summed E-state index contributed by atoms with van der Waals surface area (Å²) in [5.74, 6) is 0. The van der Waals surface area contributed by atoms with Crippen LogP contribution in [0.4, 0.5) is 0 Å². The quantitative estimate of drug-likeness (QED) is 0.235. The van der Waals surface area contributed by atoms with E-state index in [9.17, 15) is 0 Å². The highest BCUT2D eigenvalue weighted by Crippen LogP contribution is 2.49. The highest BCUT2D eigenvalue weighted by atomic mass is 16.3. The minimum Gasteiger partial charge on any atom is -0.455 e. The number of hydrogen-bond donors (Lipinski definition) is 0. The Labute approximate surface area is 206 Å². The van der Waals surface area contributed by atoms with E-state index in [0.29, 0.717) is 5.56 Å². The van der Waals surface area contributed by atoms with Crippen LogP contribution in [0.5, 0.6) is 0 Å². The smallest absolute Gasteiger partial charge is 0.216 e. The highest BCUT2D eigenvalue weighted by molar-refractivity contribution is 6.13. The fourth-order valence-electron chi connectivity index (χ4n) is 6.12. The molecular formula is C32H34NO+. The number of aryl methyl sites for hydroxylation is 3. The largest absolute Gasteiger partial charge is 0.455 e. The first-order chi connectivity index (χ1) is 17.3. The Balaban J connectivity index is 1.64. The van der Waals surface area contributed by atoms with Gasteiger partial charge in [-0.05, 0) is 83.1 Å². The minimum absolute atomic E-state index is 0.101. The van der Waals surface area contributed by atoms with Gasteiger partial charge in [-0.2, -0.15) is 0 Å². The average Bonchev–Trinajstić information content (AvgIpc) is 3.17. The summed E-state index contributed by atoms with van der Waals surface area (Å²) in [7, 11) is 1.90. The fraction of sp³-hybridized carbons (Fsp3) is 0.344. The topological polar surface area (TPSA) is 17.0 Å². The fourth-order valence-corrected chi connectivity index (χ4v) is 6.12. The van der Waals surface area contributed by atoms with E-state index in [1.807, 2.05) is 17.7 Å². The summed E-state index contributed by atoms with van der Waals surface area (Å²) in [6, 6.07) is 17.0. The van der Waals surface area contributed by atoms with Crippen LogP contribution < -0.4 is 4.57 Å². The van der Waals surface area contributed by atoms with E-state index in [4.69, 9.17) is 8.53 Å². The van der Waals surface area contributed by atoms with Crippen LogP contribution in [0.25, 0.3) is 44.0 Å². The zero-order valence-corrected chi connectivity index (χ0v) is 21.0. The van der Waals surface area contributed by atoms with Crippen molar-refractivity contribution in [3.05, 3.63) is 77.0 Å².